The average molecular weight is 186 g/mol. The molecule has 0 radical (unpaired) electrons. The van der Waals surface area contributed by atoms with Gasteiger partial charge in [0.15, 0.2) is 0 Å². The Morgan fingerprint density at radius 2 is 1.54 bits per heavy atom. The maximum atomic E-state index is 9.10. The van der Waals surface area contributed by atoms with E-state index in [-0.39, 0.29) is 0 Å². The summed E-state index contributed by atoms with van der Waals surface area (Å²) >= 11 is 0. The third-order valence-electron chi connectivity index (χ3n) is 1.90. The Labute approximate surface area is 78.6 Å². The van der Waals surface area contributed by atoms with Crippen LogP contribution in [-0.4, -0.2) is 31.6 Å². The number of rotatable bonds is 1. The van der Waals surface area contributed by atoms with Crippen LogP contribution in [0.1, 0.15) is 27.7 Å². The second-order valence-corrected chi connectivity index (χ2v) is 3.88. The normalized spacial score (nSPS) is 11.8. The molecule has 4 nitrogen and oxygen atoms in total. The van der Waals surface area contributed by atoms with Crippen LogP contribution >= 0.6 is 0 Å². The molecule has 0 aliphatic rings. The first-order chi connectivity index (χ1) is 5.75. The van der Waals surface area contributed by atoms with E-state index in [9.17, 15) is 0 Å². The number of H-pyrrole nitrogens is 1. The third kappa shape index (κ3) is 5.38. The zero-order chi connectivity index (χ0) is 10.5. The molecule has 0 saturated carbocycles. The van der Waals surface area contributed by atoms with E-state index < -0.39 is 11.2 Å². The molecule has 0 bridgehead atoms. The van der Waals surface area contributed by atoms with Crippen LogP contribution in [0.15, 0.2) is 18.5 Å². The number of aliphatic hydroxyl groups is 2. The summed E-state index contributed by atoms with van der Waals surface area (Å²) in [5, 5.41) is 24.4. The maximum Gasteiger partial charge on any atom is 0.0872 e. The van der Waals surface area contributed by atoms with Crippen LogP contribution in [0.5, 0.6) is 0 Å². The molecule has 76 valence electrons. The molecule has 0 amide bonds. The summed E-state index contributed by atoms with van der Waals surface area (Å²) in [4.78, 5) is 0. The highest BCUT2D eigenvalue weighted by Gasteiger charge is 2.31. The molecular formula is C9H18N2O2. The third-order valence-corrected chi connectivity index (χ3v) is 1.90. The van der Waals surface area contributed by atoms with E-state index in [4.69, 9.17) is 10.2 Å². The fourth-order valence-corrected chi connectivity index (χ4v) is 0.215. The summed E-state index contributed by atoms with van der Waals surface area (Å²) in [7, 11) is 0. The second-order valence-electron chi connectivity index (χ2n) is 3.88. The van der Waals surface area contributed by atoms with Gasteiger partial charge in [0, 0.05) is 12.4 Å². The van der Waals surface area contributed by atoms with E-state index in [2.05, 4.69) is 10.2 Å². The summed E-state index contributed by atoms with van der Waals surface area (Å²) in [6, 6.07) is 1.83. The van der Waals surface area contributed by atoms with E-state index in [1.807, 2.05) is 6.07 Å². The SMILES string of the molecule is CC(C)(O)C(C)(C)O.c1cn[nH]c1. The number of nitrogens with zero attached hydrogens (tertiary/aromatic N) is 1. The average Bonchev–Trinajstić information content (AvgIpc) is 2.35. The van der Waals surface area contributed by atoms with Crippen LogP contribution in [0.2, 0.25) is 0 Å². The van der Waals surface area contributed by atoms with Gasteiger partial charge in [-0.15, -0.1) is 0 Å². The molecule has 0 atom stereocenters. The van der Waals surface area contributed by atoms with Crippen LogP contribution in [0.4, 0.5) is 0 Å². The molecule has 0 saturated heterocycles. The van der Waals surface area contributed by atoms with Crippen molar-refractivity contribution < 1.29 is 10.2 Å². The largest absolute Gasteiger partial charge is 0.387 e. The minimum Gasteiger partial charge on any atom is -0.387 e. The van der Waals surface area contributed by atoms with Gasteiger partial charge in [0.25, 0.3) is 0 Å². The monoisotopic (exact) mass is 186 g/mol. The Hall–Kier alpha value is -0.870. The highest BCUT2D eigenvalue weighted by molar-refractivity contribution is 4.84. The first-order valence-corrected chi connectivity index (χ1v) is 4.13. The molecule has 0 aliphatic heterocycles. The van der Waals surface area contributed by atoms with Gasteiger partial charge in [-0.2, -0.15) is 5.10 Å². The van der Waals surface area contributed by atoms with E-state index in [1.54, 1.807) is 40.1 Å². The second kappa shape index (κ2) is 4.39. The number of aromatic nitrogens is 2. The van der Waals surface area contributed by atoms with Gasteiger partial charge >= 0.3 is 0 Å². The minimum absolute atomic E-state index is 1.01. The number of hydrogen-bond donors (Lipinski definition) is 3. The lowest BCUT2D eigenvalue weighted by Gasteiger charge is -2.31. The maximum absolute atomic E-state index is 9.10. The smallest absolute Gasteiger partial charge is 0.0872 e. The van der Waals surface area contributed by atoms with E-state index in [0.29, 0.717) is 0 Å². The van der Waals surface area contributed by atoms with Crippen molar-refractivity contribution in [1.82, 2.24) is 10.2 Å². The lowest BCUT2D eigenvalue weighted by molar-refractivity contribution is -0.107. The van der Waals surface area contributed by atoms with Gasteiger partial charge in [0.1, 0.15) is 0 Å². The van der Waals surface area contributed by atoms with Crippen LogP contribution in [0.25, 0.3) is 0 Å². The topological polar surface area (TPSA) is 69.1 Å². The van der Waals surface area contributed by atoms with Crippen molar-refractivity contribution in [3.8, 4) is 0 Å². The first-order valence-electron chi connectivity index (χ1n) is 4.13. The Balaban J connectivity index is 0.000000243. The fraction of sp³-hybridized carbons (Fsp3) is 0.667. The van der Waals surface area contributed by atoms with Crippen molar-refractivity contribution >= 4 is 0 Å². The summed E-state index contributed by atoms with van der Waals surface area (Å²) in [5.41, 5.74) is -2.01. The Bertz CT molecular complexity index is 177. The van der Waals surface area contributed by atoms with Gasteiger partial charge in [-0.3, -0.25) is 5.10 Å². The molecule has 4 heteroatoms. The van der Waals surface area contributed by atoms with Gasteiger partial charge in [0.05, 0.1) is 11.2 Å². The summed E-state index contributed by atoms with van der Waals surface area (Å²) in [6.07, 6.45) is 3.46. The minimum atomic E-state index is -1.01. The molecule has 0 unspecified atom stereocenters. The Kier molecular flexibility index (Phi) is 4.10. The highest BCUT2D eigenvalue weighted by Crippen LogP contribution is 2.19. The van der Waals surface area contributed by atoms with Crippen molar-refractivity contribution in [2.45, 2.75) is 38.9 Å². The molecule has 1 heterocycles. The molecule has 0 fully saturated rings. The van der Waals surface area contributed by atoms with Gasteiger partial charge in [-0.1, -0.05) is 0 Å². The zero-order valence-corrected chi connectivity index (χ0v) is 8.57. The van der Waals surface area contributed by atoms with Crippen molar-refractivity contribution in [1.29, 1.82) is 0 Å². The highest BCUT2D eigenvalue weighted by atomic mass is 16.3. The predicted octanol–water partition coefficient (Wildman–Crippen LogP) is 0.938. The molecule has 1 aromatic rings. The van der Waals surface area contributed by atoms with Crippen LogP contribution in [0, 0.1) is 0 Å². The van der Waals surface area contributed by atoms with E-state index >= 15 is 0 Å². The van der Waals surface area contributed by atoms with Crippen molar-refractivity contribution in [3.05, 3.63) is 18.5 Å². The van der Waals surface area contributed by atoms with Gasteiger partial charge < -0.3 is 10.2 Å². The molecule has 3 N–H and O–H groups in total. The van der Waals surface area contributed by atoms with Gasteiger partial charge in [-0.05, 0) is 33.8 Å². The van der Waals surface area contributed by atoms with Gasteiger partial charge in [-0.25, -0.2) is 0 Å². The van der Waals surface area contributed by atoms with Crippen LogP contribution in [0.3, 0.4) is 0 Å². The van der Waals surface area contributed by atoms with E-state index in [1.165, 1.54) is 0 Å². The van der Waals surface area contributed by atoms with E-state index in [0.717, 1.165) is 0 Å². The first kappa shape index (κ1) is 12.1. The van der Waals surface area contributed by atoms with Crippen molar-refractivity contribution in [2.24, 2.45) is 0 Å². The van der Waals surface area contributed by atoms with Crippen molar-refractivity contribution in [3.63, 3.8) is 0 Å². The summed E-state index contributed by atoms with van der Waals surface area (Å²) in [5.74, 6) is 0. The van der Waals surface area contributed by atoms with Crippen molar-refractivity contribution in [2.75, 3.05) is 0 Å². The molecule has 1 rings (SSSR count). The Morgan fingerprint density at radius 3 is 1.62 bits per heavy atom. The lowest BCUT2D eigenvalue weighted by atomic mass is 9.90. The number of hydrogen-bond acceptors (Lipinski definition) is 3. The standard InChI is InChI=1S/C6H14O2.C3H4N2/c1-5(2,7)6(3,4)8;1-2-4-5-3-1/h7-8H,1-4H3;1-3H,(H,4,5). The molecule has 0 aliphatic carbocycles. The Morgan fingerprint density at radius 1 is 1.08 bits per heavy atom. The number of aromatic amines is 1. The number of nitrogens with one attached hydrogen (secondary N) is 1. The fourth-order valence-electron chi connectivity index (χ4n) is 0.215. The molecular weight excluding hydrogens is 168 g/mol. The lowest BCUT2D eigenvalue weighted by Crippen LogP contribution is -2.44. The zero-order valence-electron chi connectivity index (χ0n) is 8.57. The van der Waals surface area contributed by atoms with Crippen LogP contribution < -0.4 is 0 Å². The van der Waals surface area contributed by atoms with Gasteiger partial charge in [0.2, 0.25) is 0 Å². The summed E-state index contributed by atoms with van der Waals surface area (Å²) < 4.78 is 0. The molecule has 0 spiro atoms. The molecule has 0 aromatic carbocycles. The molecule has 1 aromatic heterocycles. The quantitative estimate of drug-likeness (QED) is 0.611. The summed E-state index contributed by atoms with van der Waals surface area (Å²) in [6.45, 7) is 6.31. The molecule has 13 heavy (non-hydrogen) atoms. The van der Waals surface area contributed by atoms with Crippen LogP contribution in [-0.2, 0) is 0 Å². The predicted molar refractivity (Wildman–Crippen MR) is 51.2 cm³/mol.